The van der Waals surface area contributed by atoms with Crippen LogP contribution in [0.25, 0.3) is 0 Å². The second-order valence-electron chi connectivity index (χ2n) is 19.6. The van der Waals surface area contributed by atoms with Gasteiger partial charge < -0.3 is 19.8 Å². The van der Waals surface area contributed by atoms with E-state index in [4.69, 9.17) is 9.05 Å². The Balaban J connectivity index is 4.11. The highest BCUT2D eigenvalue weighted by Gasteiger charge is 2.28. The van der Waals surface area contributed by atoms with Gasteiger partial charge in [-0.15, -0.1) is 0 Å². The fourth-order valence-electron chi connectivity index (χ4n) is 7.88. The second-order valence-corrected chi connectivity index (χ2v) is 21.0. The van der Waals surface area contributed by atoms with Crippen LogP contribution in [0.1, 0.15) is 245 Å². The number of nitrogens with one attached hydrogen (secondary N) is 1. The number of aliphatic hydroxyl groups excluding tert-OH is 1. The molecule has 0 rings (SSSR count). The third-order valence-electron chi connectivity index (χ3n) is 12.1. The van der Waals surface area contributed by atoms with Gasteiger partial charge in [0.15, 0.2) is 0 Å². The lowest BCUT2D eigenvalue weighted by atomic mass is 10.0. The van der Waals surface area contributed by atoms with Crippen LogP contribution >= 0.6 is 7.82 Å². The van der Waals surface area contributed by atoms with E-state index in [0.29, 0.717) is 23.9 Å². The van der Waals surface area contributed by atoms with Gasteiger partial charge in [-0.3, -0.25) is 13.8 Å². The first-order valence-corrected chi connectivity index (χ1v) is 28.5. The van der Waals surface area contributed by atoms with Crippen molar-refractivity contribution in [2.75, 3.05) is 40.9 Å². The number of carbonyl (C=O) groups is 1. The molecule has 3 atom stereocenters. The fourth-order valence-corrected chi connectivity index (χ4v) is 8.62. The van der Waals surface area contributed by atoms with Gasteiger partial charge >= 0.3 is 7.82 Å². The lowest BCUT2D eigenvalue weighted by Crippen LogP contribution is -2.46. The molecule has 0 aromatic heterocycles. The molecule has 8 nitrogen and oxygen atoms in total. The number of phosphoric ester groups is 1. The summed E-state index contributed by atoms with van der Waals surface area (Å²) in [5.74, 6) is -0.223. The summed E-state index contributed by atoms with van der Waals surface area (Å²) in [5, 5.41) is 14.0. The van der Waals surface area contributed by atoms with Gasteiger partial charge in [-0.05, 0) is 38.5 Å². The number of quaternary nitrogens is 1. The smallest absolute Gasteiger partial charge is 0.391 e. The predicted octanol–water partition coefficient (Wildman–Crippen LogP) is 16.0. The minimum atomic E-state index is -4.34. The maximum absolute atomic E-state index is 12.9. The van der Waals surface area contributed by atoms with Crippen molar-refractivity contribution >= 4 is 13.7 Å². The maximum Gasteiger partial charge on any atom is 0.472 e. The Morgan fingerprint density at radius 2 is 0.906 bits per heavy atom. The quantitative estimate of drug-likeness (QED) is 0.0243. The largest absolute Gasteiger partial charge is 0.472 e. The minimum absolute atomic E-state index is 0.0609. The van der Waals surface area contributed by atoms with Crippen LogP contribution in [0, 0.1) is 0 Å². The number of nitrogens with zero attached hydrogens (tertiary/aromatic N) is 1. The van der Waals surface area contributed by atoms with E-state index in [9.17, 15) is 19.4 Å². The molecule has 376 valence electrons. The van der Waals surface area contributed by atoms with Crippen LogP contribution in [0.2, 0.25) is 0 Å². The molecule has 0 aromatic carbocycles. The normalized spacial score (nSPS) is 14.4. The van der Waals surface area contributed by atoms with Crippen LogP contribution in [0.15, 0.2) is 48.6 Å². The third kappa shape index (κ3) is 48.4. The Morgan fingerprint density at radius 1 is 0.547 bits per heavy atom. The molecule has 1 amide bonds. The molecular formula is C55H106N2O6P+. The summed E-state index contributed by atoms with van der Waals surface area (Å²) in [4.78, 5) is 23.2. The second kappa shape index (κ2) is 46.6. The number of allylic oxidation sites excluding steroid dienone is 8. The van der Waals surface area contributed by atoms with Gasteiger partial charge in [-0.2, -0.15) is 0 Å². The summed E-state index contributed by atoms with van der Waals surface area (Å²) in [7, 11) is 1.57. The monoisotopic (exact) mass is 922 g/mol. The number of likely N-dealkylation sites (N-methyl/N-ethyl adjacent to an activating group) is 1. The standard InChI is InChI=1S/C55H105N2O6P/c1-6-8-10-12-14-16-18-20-21-22-23-24-25-26-27-28-29-30-31-32-33-34-35-37-38-40-42-44-46-48-54(58)53(52-63-64(60,61)62-51-50-57(3,4)5)56-55(59)49-47-45-43-41-39-36-19-17-15-13-11-9-7-2/h9,11,15,17,36,39,43,45,53-54,58H,6-8,10,12-14,16,18-35,37-38,40-42,44,46-52H2,1-5H3,(H-,56,59,60,61)/p+1/b11-9-,17-15-,39-36-,45-43-. The Labute approximate surface area is 397 Å². The molecule has 64 heavy (non-hydrogen) atoms. The first-order valence-electron chi connectivity index (χ1n) is 27.0. The fraction of sp³-hybridized carbons (Fsp3) is 0.836. The first-order chi connectivity index (χ1) is 31.0. The summed E-state index contributed by atoms with van der Waals surface area (Å²) in [6, 6.07) is -0.800. The van der Waals surface area contributed by atoms with Gasteiger partial charge in [-0.1, -0.05) is 249 Å². The Bertz CT molecular complexity index is 1180. The molecule has 0 saturated heterocycles. The molecule has 0 aliphatic carbocycles. The van der Waals surface area contributed by atoms with Gasteiger partial charge in [-0.25, -0.2) is 4.57 Å². The van der Waals surface area contributed by atoms with Gasteiger partial charge in [0.25, 0.3) is 0 Å². The van der Waals surface area contributed by atoms with E-state index in [1.807, 2.05) is 33.3 Å². The zero-order valence-electron chi connectivity index (χ0n) is 42.8. The highest BCUT2D eigenvalue weighted by molar-refractivity contribution is 7.47. The van der Waals surface area contributed by atoms with Crippen molar-refractivity contribution in [3.05, 3.63) is 48.6 Å². The molecule has 0 aliphatic rings. The van der Waals surface area contributed by atoms with Crippen molar-refractivity contribution in [2.24, 2.45) is 0 Å². The highest BCUT2D eigenvalue weighted by Crippen LogP contribution is 2.43. The van der Waals surface area contributed by atoms with Crippen molar-refractivity contribution in [3.8, 4) is 0 Å². The molecule has 0 fully saturated rings. The maximum atomic E-state index is 12.9. The number of amides is 1. The van der Waals surface area contributed by atoms with Crippen LogP contribution in [-0.4, -0.2) is 73.4 Å². The third-order valence-corrected chi connectivity index (χ3v) is 13.1. The zero-order valence-corrected chi connectivity index (χ0v) is 43.7. The average molecular weight is 922 g/mol. The van der Waals surface area contributed by atoms with E-state index in [1.54, 1.807) is 0 Å². The van der Waals surface area contributed by atoms with Crippen LogP contribution in [0.5, 0.6) is 0 Å². The van der Waals surface area contributed by atoms with Crippen molar-refractivity contribution in [3.63, 3.8) is 0 Å². The van der Waals surface area contributed by atoms with Gasteiger partial charge in [0.1, 0.15) is 13.2 Å². The number of aliphatic hydroxyl groups is 1. The number of unbranched alkanes of at least 4 members (excludes halogenated alkanes) is 28. The van der Waals surface area contributed by atoms with Crippen molar-refractivity contribution < 1.29 is 32.9 Å². The van der Waals surface area contributed by atoms with Gasteiger partial charge in [0.2, 0.25) is 5.91 Å². The van der Waals surface area contributed by atoms with Crippen LogP contribution in [0.4, 0.5) is 0 Å². The molecule has 0 bridgehead atoms. The predicted molar refractivity (Wildman–Crippen MR) is 277 cm³/mol. The molecule has 9 heteroatoms. The summed E-state index contributed by atoms with van der Waals surface area (Å²) < 4.78 is 23.7. The number of hydrogen-bond acceptors (Lipinski definition) is 5. The molecule has 3 unspecified atom stereocenters. The molecule has 3 N–H and O–H groups in total. The highest BCUT2D eigenvalue weighted by atomic mass is 31.2. The number of rotatable bonds is 49. The molecule has 0 heterocycles. The van der Waals surface area contributed by atoms with Crippen molar-refractivity contribution in [1.29, 1.82) is 0 Å². The van der Waals surface area contributed by atoms with Crippen LogP contribution < -0.4 is 5.32 Å². The topological polar surface area (TPSA) is 105 Å². The van der Waals surface area contributed by atoms with Crippen LogP contribution in [-0.2, 0) is 18.4 Å². The van der Waals surface area contributed by atoms with Gasteiger partial charge in [0, 0.05) is 6.42 Å². The summed E-state index contributed by atoms with van der Waals surface area (Å²) in [6.07, 6.45) is 60.6. The van der Waals surface area contributed by atoms with Gasteiger partial charge in [0.05, 0.1) is 39.9 Å². The summed E-state index contributed by atoms with van der Waals surface area (Å²) in [5.41, 5.74) is 0. The Morgan fingerprint density at radius 3 is 1.28 bits per heavy atom. The van der Waals surface area contributed by atoms with E-state index in [-0.39, 0.29) is 25.5 Å². The minimum Gasteiger partial charge on any atom is -0.391 e. The summed E-state index contributed by atoms with van der Waals surface area (Å²) >= 11 is 0. The number of phosphoric acid groups is 1. The van der Waals surface area contributed by atoms with Crippen LogP contribution in [0.3, 0.4) is 0 Å². The van der Waals surface area contributed by atoms with E-state index >= 15 is 0 Å². The molecule has 0 aromatic rings. The van der Waals surface area contributed by atoms with E-state index in [1.165, 1.54) is 167 Å². The Hall–Kier alpha value is -1.54. The first kappa shape index (κ1) is 62.5. The molecule has 0 saturated carbocycles. The van der Waals surface area contributed by atoms with E-state index in [0.717, 1.165) is 44.9 Å². The molecule has 0 spiro atoms. The number of carbonyl (C=O) groups excluding carboxylic acids is 1. The molecular weight excluding hydrogens is 816 g/mol. The summed E-state index contributed by atoms with van der Waals surface area (Å²) in [6.45, 7) is 4.73. The SMILES string of the molecule is CC/C=C\C/C=C\C/C=C\C/C=C\CCC(=O)NC(COP(=O)(O)OCC[N+](C)(C)C)C(O)CCCCCCCCCCCCCCCCCCCCCCCCCCCCCCC. The molecule has 0 radical (unpaired) electrons. The number of hydrogen-bond donors (Lipinski definition) is 3. The van der Waals surface area contributed by atoms with Crippen molar-refractivity contribution in [1.82, 2.24) is 5.32 Å². The lowest BCUT2D eigenvalue weighted by Gasteiger charge is -2.26. The van der Waals surface area contributed by atoms with E-state index < -0.39 is 20.0 Å². The molecule has 0 aliphatic heterocycles. The Kier molecular flexibility index (Phi) is 45.4. The van der Waals surface area contributed by atoms with E-state index in [2.05, 4.69) is 55.6 Å². The lowest BCUT2D eigenvalue weighted by molar-refractivity contribution is -0.870. The zero-order chi connectivity index (χ0) is 47.1. The van der Waals surface area contributed by atoms with Crippen molar-refractivity contribution in [2.45, 2.75) is 257 Å². The average Bonchev–Trinajstić information content (AvgIpc) is 3.25.